The molecule has 0 aromatic rings. The first-order valence-corrected chi connectivity index (χ1v) is 14.7. The summed E-state index contributed by atoms with van der Waals surface area (Å²) in [5.74, 6) is -1.16. The van der Waals surface area contributed by atoms with Gasteiger partial charge in [0.1, 0.15) is 11.7 Å². The highest BCUT2D eigenvalue weighted by Crippen LogP contribution is 2.52. The van der Waals surface area contributed by atoms with Crippen LogP contribution in [-0.2, 0) is 38.1 Å². The molecule has 39 heavy (non-hydrogen) atoms. The van der Waals surface area contributed by atoms with Crippen LogP contribution < -0.4 is 5.32 Å². The summed E-state index contributed by atoms with van der Waals surface area (Å²) in [6.45, 7) is 12.7. The molecular weight excluding hydrogens is 526 g/mol. The van der Waals surface area contributed by atoms with Gasteiger partial charge in [0, 0.05) is 38.9 Å². The third-order valence-corrected chi connectivity index (χ3v) is 8.56. The molecule has 0 bridgehead atoms. The minimum Gasteiger partial charge on any atom is -0.456 e. The van der Waals surface area contributed by atoms with Crippen LogP contribution in [0.5, 0.6) is 0 Å². The van der Waals surface area contributed by atoms with Crippen molar-refractivity contribution in [2.45, 2.75) is 116 Å². The van der Waals surface area contributed by atoms with Crippen LogP contribution in [0.4, 0.5) is 0 Å². The summed E-state index contributed by atoms with van der Waals surface area (Å²) < 4.78 is 29.5. The van der Waals surface area contributed by atoms with E-state index in [4.69, 9.17) is 35.3 Å². The molecule has 0 aromatic heterocycles. The lowest BCUT2D eigenvalue weighted by atomic mass is 9.80. The predicted octanol–water partition coefficient (Wildman–Crippen LogP) is 4.29. The normalized spacial score (nSPS) is 30.6. The van der Waals surface area contributed by atoms with Crippen molar-refractivity contribution >= 4 is 29.5 Å². The Morgan fingerprint density at radius 2 is 1.67 bits per heavy atom. The van der Waals surface area contributed by atoms with Crippen LogP contribution in [0.15, 0.2) is 11.1 Å². The molecule has 1 saturated carbocycles. The maximum Gasteiger partial charge on any atom is 0.303 e. The molecule has 222 valence electrons. The third-order valence-electron chi connectivity index (χ3n) is 8.03. The van der Waals surface area contributed by atoms with E-state index in [-0.39, 0.29) is 17.9 Å². The molecule has 1 aliphatic carbocycles. The van der Waals surface area contributed by atoms with Crippen LogP contribution in [0.1, 0.15) is 80.1 Å². The van der Waals surface area contributed by atoms with Gasteiger partial charge in [-0.1, -0.05) is 31.5 Å². The molecule has 1 spiro atoms. The quantitative estimate of drug-likeness (QED) is 0.271. The maximum absolute atomic E-state index is 12.2. The van der Waals surface area contributed by atoms with Crippen molar-refractivity contribution < 1.29 is 38.1 Å². The molecule has 0 radical (unpaired) electrons. The zero-order valence-electron chi connectivity index (χ0n) is 24.2. The summed E-state index contributed by atoms with van der Waals surface area (Å²) >= 11 is 6.75. The van der Waals surface area contributed by atoms with E-state index >= 15 is 0 Å². The second-order valence-corrected chi connectivity index (χ2v) is 12.0. The van der Waals surface area contributed by atoms with Gasteiger partial charge < -0.3 is 29.0 Å². The molecule has 0 aromatic carbocycles. The SMILES string of the molecule is C/C=C(/Cl)C(CC(C)CCC1CNCCO1)CC(C)[C@@H]1OC2(CC2)C(OC(C)=O)[C@H](OC(C)=O)C1OC(C)=O. The molecule has 8 atom stereocenters. The molecule has 2 aliphatic heterocycles. The monoisotopic (exact) mass is 571 g/mol. The summed E-state index contributed by atoms with van der Waals surface area (Å²) in [5.41, 5.74) is -0.761. The van der Waals surface area contributed by atoms with Gasteiger partial charge in [-0.25, -0.2) is 0 Å². The van der Waals surface area contributed by atoms with Crippen LogP contribution in [0, 0.1) is 17.8 Å². The Hall–Kier alpha value is -1.68. The van der Waals surface area contributed by atoms with Crippen molar-refractivity contribution in [1.29, 1.82) is 0 Å². The Kier molecular flexibility index (Phi) is 11.7. The van der Waals surface area contributed by atoms with E-state index in [0.717, 1.165) is 44.0 Å². The lowest BCUT2D eigenvalue weighted by Gasteiger charge is -2.47. The first-order valence-electron chi connectivity index (χ1n) is 14.3. The highest BCUT2D eigenvalue weighted by Gasteiger charge is 2.65. The van der Waals surface area contributed by atoms with E-state index < -0.39 is 47.9 Å². The number of allylic oxidation sites excluding steroid dienone is 2. The van der Waals surface area contributed by atoms with Gasteiger partial charge in [0.2, 0.25) is 0 Å². The van der Waals surface area contributed by atoms with Gasteiger partial charge in [-0.05, 0) is 63.2 Å². The van der Waals surface area contributed by atoms with Gasteiger partial charge >= 0.3 is 17.9 Å². The zero-order valence-corrected chi connectivity index (χ0v) is 25.0. The number of carbonyl (C=O) groups excluding carboxylic acids is 3. The topological polar surface area (TPSA) is 109 Å². The van der Waals surface area contributed by atoms with Crippen LogP contribution in [0.25, 0.3) is 0 Å². The molecule has 9 nitrogen and oxygen atoms in total. The van der Waals surface area contributed by atoms with Crippen LogP contribution >= 0.6 is 11.6 Å². The molecule has 0 amide bonds. The molecule has 10 heteroatoms. The highest BCUT2D eigenvalue weighted by molar-refractivity contribution is 6.29. The number of ether oxygens (including phenoxy) is 5. The first kappa shape index (κ1) is 31.8. The third kappa shape index (κ3) is 8.90. The zero-order chi connectivity index (χ0) is 28.7. The number of hydrogen-bond donors (Lipinski definition) is 1. The number of hydrogen-bond acceptors (Lipinski definition) is 9. The predicted molar refractivity (Wildman–Crippen MR) is 146 cm³/mol. The fraction of sp³-hybridized carbons (Fsp3) is 0.828. The average molecular weight is 572 g/mol. The van der Waals surface area contributed by atoms with Crippen LogP contribution in [0.2, 0.25) is 0 Å². The fourth-order valence-electron chi connectivity index (χ4n) is 6.05. The standard InChI is InChI=1S/C29H46ClNO8/c1-7-24(30)22(14-17(2)8-9-23-16-31-12-13-35-23)15-18(3)25-26(36-19(4)32)27(37-20(5)33)28(38-21(6)34)29(39-25)10-11-29/h7,17-18,22-23,25-28,31H,8-16H2,1-6H3/b24-7+/t17?,18?,22?,23?,25-,26?,27+,28?/m0/s1. The smallest absolute Gasteiger partial charge is 0.303 e. The number of carbonyl (C=O) groups is 3. The molecule has 3 fully saturated rings. The van der Waals surface area contributed by atoms with E-state index in [1.807, 2.05) is 19.9 Å². The van der Waals surface area contributed by atoms with Gasteiger partial charge in [-0.15, -0.1) is 0 Å². The molecule has 3 aliphatic rings. The van der Waals surface area contributed by atoms with Crippen LogP contribution in [0.3, 0.4) is 0 Å². The van der Waals surface area contributed by atoms with Crippen molar-refractivity contribution in [2.75, 3.05) is 19.7 Å². The Morgan fingerprint density at radius 1 is 1.03 bits per heavy atom. The first-order chi connectivity index (χ1) is 18.5. The van der Waals surface area contributed by atoms with Crippen molar-refractivity contribution in [3.8, 4) is 0 Å². The van der Waals surface area contributed by atoms with E-state index in [2.05, 4.69) is 12.2 Å². The lowest BCUT2D eigenvalue weighted by Crippen LogP contribution is -2.63. The van der Waals surface area contributed by atoms with Crippen molar-refractivity contribution in [2.24, 2.45) is 17.8 Å². The van der Waals surface area contributed by atoms with Crippen molar-refractivity contribution in [1.82, 2.24) is 5.32 Å². The summed E-state index contributed by atoms with van der Waals surface area (Å²) in [6, 6.07) is 0. The van der Waals surface area contributed by atoms with E-state index in [0.29, 0.717) is 25.2 Å². The van der Waals surface area contributed by atoms with E-state index in [1.54, 1.807) is 0 Å². The van der Waals surface area contributed by atoms with Crippen LogP contribution in [-0.4, -0.2) is 73.7 Å². The Bertz CT molecular complexity index is 885. The Labute approximate surface area is 237 Å². The number of esters is 3. The van der Waals surface area contributed by atoms with Gasteiger partial charge in [0.15, 0.2) is 18.3 Å². The molecule has 3 rings (SSSR count). The summed E-state index contributed by atoms with van der Waals surface area (Å²) in [4.78, 5) is 36.2. The largest absolute Gasteiger partial charge is 0.456 e. The highest BCUT2D eigenvalue weighted by atomic mass is 35.5. The van der Waals surface area contributed by atoms with Gasteiger partial charge in [-0.3, -0.25) is 14.4 Å². The Balaban J connectivity index is 1.77. The van der Waals surface area contributed by atoms with E-state index in [1.165, 1.54) is 20.8 Å². The minimum atomic E-state index is -0.960. The summed E-state index contributed by atoms with van der Waals surface area (Å²) in [5, 5.41) is 4.17. The van der Waals surface area contributed by atoms with Gasteiger partial charge in [-0.2, -0.15) is 0 Å². The lowest BCUT2D eigenvalue weighted by molar-refractivity contribution is -0.263. The van der Waals surface area contributed by atoms with Gasteiger partial charge in [0.25, 0.3) is 0 Å². The van der Waals surface area contributed by atoms with Crippen molar-refractivity contribution in [3.63, 3.8) is 0 Å². The second-order valence-electron chi connectivity index (χ2n) is 11.5. The second kappa shape index (κ2) is 14.3. The summed E-state index contributed by atoms with van der Waals surface area (Å²) in [6.07, 6.45) is 3.82. The molecule has 6 unspecified atom stereocenters. The molecule has 2 saturated heterocycles. The Morgan fingerprint density at radius 3 is 2.21 bits per heavy atom. The summed E-state index contributed by atoms with van der Waals surface area (Å²) in [7, 11) is 0. The number of rotatable bonds is 12. The average Bonchev–Trinajstić information content (AvgIpc) is 3.65. The van der Waals surface area contributed by atoms with E-state index in [9.17, 15) is 14.4 Å². The number of morpholine rings is 1. The molecular formula is C29H46ClNO8. The fourth-order valence-corrected chi connectivity index (χ4v) is 6.23. The maximum atomic E-state index is 12.2. The van der Waals surface area contributed by atoms with Crippen molar-refractivity contribution in [3.05, 3.63) is 11.1 Å². The minimum absolute atomic E-state index is 0.0853. The number of nitrogens with one attached hydrogen (secondary N) is 1. The molecule has 1 N–H and O–H groups in total. The number of halogens is 1. The molecule has 2 heterocycles. The van der Waals surface area contributed by atoms with Gasteiger partial charge in [0.05, 0.1) is 12.7 Å².